The average molecular weight is 170 g/mol. The summed E-state index contributed by atoms with van der Waals surface area (Å²) in [4.78, 5) is 0. The van der Waals surface area contributed by atoms with Gasteiger partial charge in [0.1, 0.15) is 0 Å². The first kappa shape index (κ1) is 9.18. The zero-order chi connectivity index (χ0) is 7.94. The summed E-state index contributed by atoms with van der Waals surface area (Å²) in [6.07, 6.45) is 11.6. The van der Waals surface area contributed by atoms with Gasteiger partial charge in [-0.05, 0) is 18.6 Å². The Bertz CT molecular complexity index is 118. The molecule has 0 aromatic rings. The summed E-state index contributed by atoms with van der Waals surface area (Å²) in [5.41, 5.74) is 0. The van der Waals surface area contributed by atoms with Crippen molar-refractivity contribution >= 4 is 11.8 Å². The molecule has 0 saturated heterocycles. The molecule has 0 fully saturated rings. The molecule has 1 atom stereocenters. The third kappa shape index (κ3) is 3.85. The summed E-state index contributed by atoms with van der Waals surface area (Å²) < 4.78 is 0. The second-order valence-electron chi connectivity index (χ2n) is 3.12. The number of rotatable bonds is 4. The van der Waals surface area contributed by atoms with Gasteiger partial charge in [0, 0.05) is 5.25 Å². The molecule has 0 nitrogen and oxygen atoms in total. The molecule has 0 aromatic carbocycles. The summed E-state index contributed by atoms with van der Waals surface area (Å²) in [6, 6.07) is 0. The lowest BCUT2D eigenvalue weighted by Gasteiger charge is -2.15. The molecule has 0 aromatic heterocycles. The Morgan fingerprint density at radius 3 is 3.00 bits per heavy atom. The summed E-state index contributed by atoms with van der Waals surface area (Å²) in [7, 11) is 0. The van der Waals surface area contributed by atoms with Crippen molar-refractivity contribution in [2.45, 2.75) is 44.3 Å². The van der Waals surface area contributed by atoms with E-state index < -0.39 is 0 Å². The molecule has 1 aliphatic rings. The second-order valence-corrected chi connectivity index (χ2v) is 4.47. The number of unbranched alkanes of at least 4 members (excludes halogenated alkanes) is 2. The van der Waals surface area contributed by atoms with Crippen LogP contribution in [0.2, 0.25) is 0 Å². The minimum atomic E-state index is 0.843. The van der Waals surface area contributed by atoms with E-state index in [2.05, 4.69) is 30.8 Å². The quantitative estimate of drug-likeness (QED) is 0.458. The summed E-state index contributed by atoms with van der Waals surface area (Å²) >= 11 is 2.13. The van der Waals surface area contributed by atoms with Gasteiger partial charge in [0.25, 0.3) is 0 Å². The largest absolute Gasteiger partial charge is 0.154 e. The van der Waals surface area contributed by atoms with E-state index in [4.69, 9.17) is 0 Å². The fourth-order valence-corrected chi connectivity index (χ4v) is 2.50. The van der Waals surface area contributed by atoms with Crippen LogP contribution in [-0.2, 0) is 0 Å². The third-order valence-electron chi connectivity index (χ3n) is 2.06. The Balaban J connectivity index is 2.05. The Labute approximate surface area is 74.5 Å². The molecule has 1 unspecified atom stereocenters. The summed E-state index contributed by atoms with van der Waals surface area (Å²) in [5, 5.41) is 0.843. The van der Waals surface area contributed by atoms with Gasteiger partial charge in [-0.2, -0.15) is 11.8 Å². The lowest BCUT2D eigenvalue weighted by Crippen LogP contribution is -2.03. The predicted molar refractivity (Wildman–Crippen MR) is 54.1 cm³/mol. The lowest BCUT2D eigenvalue weighted by atomic mass is 10.1. The number of hydrogen-bond donors (Lipinski definition) is 0. The maximum absolute atomic E-state index is 2.39. The SMILES string of the molecule is CCCCCC1C=CCCS1. The van der Waals surface area contributed by atoms with E-state index in [1.165, 1.54) is 37.9 Å². The van der Waals surface area contributed by atoms with E-state index >= 15 is 0 Å². The first-order valence-electron chi connectivity index (χ1n) is 4.71. The van der Waals surface area contributed by atoms with Crippen molar-refractivity contribution in [3.05, 3.63) is 12.2 Å². The summed E-state index contributed by atoms with van der Waals surface area (Å²) in [5.74, 6) is 1.34. The van der Waals surface area contributed by atoms with E-state index in [0.29, 0.717) is 0 Å². The first-order valence-corrected chi connectivity index (χ1v) is 5.76. The van der Waals surface area contributed by atoms with E-state index in [1.807, 2.05) is 0 Å². The number of hydrogen-bond acceptors (Lipinski definition) is 1. The molecule has 1 rings (SSSR count). The second kappa shape index (κ2) is 5.70. The zero-order valence-corrected chi connectivity index (χ0v) is 8.20. The number of thioether (sulfide) groups is 1. The van der Waals surface area contributed by atoms with Gasteiger partial charge < -0.3 is 0 Å². The van der Waals surface area contributed by atoms with Crippen LogP contribution in [0.5, 0.6) is 0 Å². The van der Waals surface area contributed by atoms with E-state index in [9.17, 15) is 0 Å². The van der Waals surface area contributed by atoms with Crippen LogP contribution in [0.1, 0.15) is 39.0 Å². The molecule has 0 amide bonds. The van der Waals surface area contributed by atoms with Crippen molar-refractivity contribution in [1.29, 1.82) is 0 Å². The average Bonchev–Trinajstić information content (AvgIpc) is 2.07. The first-order chi connectivity index (χ1) is 5.43. The minimum Gasteiger partial charge on any atom is -0.154 e. The van der Waals surface area contributed by atoms with Gasteiger partial charge in [-0.1, -0.05) is 38.3 Å². The molecule has 0 saturated carbocycles. The van der Waals surface area contributed by atoms with Crippen LogP contribution in [0, 0.1) is 0 Å². The van der Waals surface area contributed by atoms with Crippen molar-refractivity contribution in [3.63, 3.8) is 0 Å². The molecule has 64 valence electrons. The van der Waals surface area contributed by atoms with Crippen LogP contribution in [-0.4, -0.2) is 11.0 Å². The molecule has 0 aliphatic carbocycles. The Morgan fingerprint density at radius 2 is 2.36 bits per heavy atom. The van der Waals surface area contributed by atoms with Crippen molar-refractivity contribution in [2.24, 2.45) is 0 Å². The van der Waals surface area contributed by atoms with Gasteiger partial charge in [-0.25, -0.2) is 0 Å². The van der Waals surface area contributed by atoms with Crippen LogP contribution in [0.4, 0.5) is 0 Å². The maximum atomic E-state index is 2.39. The molecule has 0 radical (unpaired) electrons. The standard InChI is InChI=1S/C10H18S/c1-2-3-4-7-10-8-5-6-9-11-10/h5,8,10H,2-4,6-7,9H2,1H3. The fourth-order valence-electron chi connectivity index (χ4n) is 1.37. The van der Waals surface area contributed by atoms with Crippen molar-refractivity contribution in [2.75, 3.05) is 5.75 Å². The van der Waals surface area contributed by atoms with Gasteiger partial charge in [-0.3, -0.25) is 0 Å². The fraction of sp³-hybridized carbons (Fsp3) is 0.800. The third-order valence-corrected chi connectivity index (χ3v) is 3.35. The van der Waals surface area contributed by atoms with Crippen LogP contribution in [0.15, 0.2) is 12.2 Å². The maximum Gasteiger partial charge on any atom is 0.0227 e. The molecule has 1 aliphatic heterocycles. The van der Waals surface area contributed by atoms with Crippen molar-refractivity contribution in [1.82, 2.24) is 0 Å². The molecule has 0 N–H and O–H groups in total. The van der Waals surface area contributed by atoms with Gasteiger partial charge in [0.2, 0.25) is 0 Å². The van der Waals surface area contributed by atoms with Crippen LogP contribution in [0.3, 0.4) is 0 Å². The van der Waals surface area contributed by atoms with Crippen molar-refractivity contribution < 1.29 is 0 Å². The topological polar surface area (TPSA) is 0 Å². The lowest BCUT2D eigenvalue weighted by molar-refractivity contribution is 0.679. The van der Waals surface area contributed by atoms with Crippen LogP contribution in [0.25, 0.3) is 0 Å². The van der Waals surface area contributed by atoms with Crippen LogP contribution < -0.4 is 0 Å². The Morgan fingerprint density at radius 1 is 1.45 bits per heavy atom. The minimum absolute atomic E-state index is 0.843. The van der Waals surface area contributed by atoms with E-state index in [1.54, 1.807) is 0 Å². The summed E-state index contributed by atoms with van der Waals surface area (Å²) in [6.45, 7) is 2.27. The molecular formula is C10H18S. The monoisotopic (exact) mass is 170 g/mol. The van der Waals surface area contributed by atoms with E-state index in [0.717, 1.165) is 5.25 Å². The highest BCUT2D eigenvalue weighted by atomic mass is 32.2. The molecule has 1 heterocycles. The van der Waals surface area contributed by atoms with Gasteiger partial charge in [-0.15, -0.1) is 0 Å². The molecule has 0 bridgehead atoms. The highest BCUT2D eigenvalue weighted by molar-refractivity contribution is 8.00. The van der Waals surface area contributed by atoms with E-state index in [-0.39, 0.29) is 0 Å². The smallest absolute Gasteiger partial charge is 0.0227 e. The number of allylic oxidation sites excluding steroid dienone is 1. The zero-order valence-electron chi connectivity index (χ0n) is 7.38. The molecular weight excluding hydrogens is 152 g/mol. The van der Waals surface area contributed by atoms with Gasteiger partial charge in [0.15, 0.2) is 0 Å². The van der Waals surface area contributed by atoms with Crippen molar-refractivity contribution in [3.8, 4) is 0 Å². The Hall–Kier alpha value is 0.0900. The van der Waals surface area contributed by atoms with Gasteiger partial charge >= 0.3 is 0 Å². The Kier molecular flexibility index (Phi) is 4.76. The predicted octanol–water partition coefficient (Wildman–Crippen LogP) is 3.63. The van der Waals surface area contributed by atoms with Crippen LogP contribution >= 0.6 is 11.8 Å². The highest BCUT2D eigenvalue weighted by Crippen LogP contribution is 2.23. The highest BCUT2D eigenvalue weighted by Gasteiger charge is 2.06. The van der Waals surface area contributed by atoms with Gasteiger partial charge in [0.05, 0.1) is 0 Å². The molecule has 1 heteroatoms. The molecule has 0 spiro atoms. The molecule has 11 heavy (non-hydrogen) atoms. The normalized spacial score (nSPS) is 23.9.